The predicted octanol–water partition coefficient (Wildman–Crippen LogP) is 2.44. The largest absolute Gasteiger partial charge is 0.352 e. The molecule has 0 unspecified atom stereocenters. The van der Waals surface area contributed by atoms with Gasteiger partial charge in [0, 0.05) is 25.8 Å². The van der Waals surface area contributed by atoms with Crippen molar-refractivity contribution >= 4 is 35.6 Å². The number of aromatic nitrogens is 3. The highest BCUT2D eigenvalue weighted by Gasteiger charge is 2.22. The molecule has 2 aromatic rings. The number of rotatable bonds is 4. The SMILES string of the molecule is C=CCNC(=NCc1nnc(C)n1C)N1CCc2ccccc21.I. The van der Waals surface area contributed by atoms with Crippen LogP contribution in [0.4, 0.5) is 5.69 Å². The van der Waals surface area contributed by atoms with E-state index in [-0.39, 0.29) is 24.0 Å². The molecule has 0 spiro atoms. The Bertz CT molecular complexity index is 736. The minimum absolute atomic E-state index is 0. The lowest BCUT2D eigenvalue weighted by atomic mass is 10.2. The first kappa shape index (κ1) is 18.4. The molecular weight excluding hydrogens is 415 g/mol. The average Bonchev–Trinajstić information content (AvgIpc) is 3.13. The predicted molar refractivity (Wildman–Crippen MR) is 108 cm³/mol. The average molecular weight is 438 g/mol. The molecule has 0 atom stereocenters. The Morgan fingerprint density at radius 2 is 2.17 bits per heavy atom. The van der Waals surface area contributed by atoms with Gasteiger partial charge in [0.05, 0.1) is 0 Å². The van der Waals surface area contributed by atoms with E-state index in [1.165, 1.54) is 11.3 Å². The number of benzene rings is 1. The lowest BCUT2D eigenvalue weighted by Crippen LogP contribution is -2.40. The van der Waals surface area contributed by atoms with E-state index in [2.05, 4.69) is 51.3 Å². The third-order valence-corrected chi connectivity index (χ3v) is 4.10. The molecule has 1 aliphatic heterocycles. The zero-order valence-corrected chi connectivity index (χ0v) is 16.4. The van der Waals surface area contributed by atoms with Crippen LogP contribution in [0, 0.1) is 6.92 Å². The molecule has 1 aliphatic rings. The molecule has 0 saturated carbocycles. The molecule has 3 rings (SSSR count). The van der Waals surface area contributed by atoms with E-state index < -0.39 is 0 Å². The number of para-hydroxylation sites is 1. The van der Waals surface area contributed by atoms with Gasteiger partial charge in [-0.1, -0.05) is 24.3 Å². The Morgan fingerprint density at radius 3 is 2.88 bits per heavy atom. The fraction of sp³-hybridized carbons (Fsp3) is 0.353. The number of hydrogen-bond acceptors (Lipinski definition) is 3. The quantitative estimate of drug-likeness (QED) is 0.345. The first-order valence-corrected chi connectivity index (χ1v) is 7.80. The summed E-state index contributed by atoms with van der Waals surface area (Å²) in [5, 5.41) is 11.6. The van der Waals surface area contributed by atoms with Crippen LogP contribution in [-0.2, 0) is 20.0 Å². The lowest BCUT2D eigenvalue weighted by molar-refractivity contribution is 0.768. The highest BCUT2D eigenvalue weighted by molar-refractivity contribution is 14.0. The number of anilines is 1. The van der Waals surface area contributed by atoms with Crippen molar-refractivity contribution in [2.24, 2.45) is 12.0 Å². The Hall–Kier alpha value is -1.90. The second-order valence-electron chi connectivity index (χ2n) is 5.56. The molecule has 1 N–H and O–H groups in total. The fourth-order valence-electron chi connectivity index (χ4n) is 2.69. The van der Waals surface area contributed by atoms with Crippen molar-refractivity contribution in [2.45, 2.75) is 19.9 Å². The number of aryl methyl sites for hydroxylation is 1. The van der Waals surface area contributed by atoms with Gasteiger partial charge in [0.1, 0.15) is 12.4 Å². The Balaban J connectivity index is 0.00000208. The van der Waals surface area contributed by atoms with Crippen molar-refractivity contribution in [3.8, 4) is 0 Å². The second-order valence-corrected chi connectivity index (χ2v) is 5.56. The summed E-state index contributed by atoms with van der Waals surface area (Å²) in [7, 11) is 1.96. The van der Waals surface area contributed by atoms with Crippen molar-refractivity contribution in [3.05, 3.63) is 54.1 Å². The summed E-state index contributed by atoms with van der Waals surface area (Å²) in [6, 6.07) is 8.46. The first-order chi connectivity index (χ1) is 11.2. The van der Waals surface area contributed by atoms with Gasteiger partial charge >= 0.3 is 0 Å². The number of fused-ring (bicyclic) bond motifs is 1. The Labute approximate surface area is 159 Å². The van der Waals surface area contributed by atoms with Crippen LogP contribution in [0.5, 0.6) is 0 Å². The van der Waals surface area contributed by atoms with Crippen LogP contribution in [0.25, 0.3) is 0 Å². The Morgan fingerprint density at radius 1 is 1.38 bits per heavy atom. The van der Waals surface area contributed by atoms with Crippen LogP contribution in [0.15, 0.2) is 41.9 Å². The maximum absolute atomic E-state index is 4.75. The monoisotopic (exact) mass is 438 g/mol. The van der Waals surface area contributed by atoms with E-state index in [1.54, 1.807) is 0 Å². The summed E-state index contributed by atoms with van der Waals surface area (Å²) >= 11 is 0. The van der Waals surface area contributed by atoms with Gasteiger partial charge in [-0.05, 0) is 25.0 Å². The molecule has 0 saturated heterocycles. The summed E-state index contributed by atoms with van der Waals surface area (Å²) in [5.74, 6) is 2.60. The second kappa shape index (κ2) is 8.27. The first-order valence-electron chi connectivity index (χ1n) is 7.80. The highest BCUT2D eigenvalue weighted by atomic mass is 127. The molecule has 0 aliphatic carbocycles. The summed E-state index contributed by atoms with van der Waals surface area (Å²) in [6.07, 6.45) is 2.87. The van der Waals surface area contributed by atoms with Crippen LogP contribution in [0.2, 0.25) is 0 Å². The minimum Gasteiger partial charge on any atom is -0.352 e. The van der Waals surface area contributed by atoms with Crippen molar-refractivity contribution in [1.82, 2.24) is 20.1 Å². The standard InChI is InChI=1S/C17H22N6.HI/c1-4-10-18-17(19-12-16-21-20-13(2)22(16)3)23-11-9-14-7-5-6-8-15(14)23;/h4-8H,1,9-12H2,2-3H3,(H,18,19);1H. The molecule has 1 aromatic heterocycles. The summed E-state index contributed by atoms with van der Waals surface area (Å²) < 4.78 is 1.96. The maximum atomic E-state index is 4.75. The molecule has 1 aromatic carbocycles. The number of nitrogens with zero attached hydrogens (tertiary/aromatic N) is 5. The van der Waals surface area contributed by atoms with Crippen molar-refractivity contribution < 1.29 is 0 Å². The van der Waals surface area contributed by atoms with Crippen molar-refractivity contribution in [2.75, 3.05) is 18.0 Å². The van der Waals surface area contributed by atoms with E-state index in [0.29, 0.717) is 13.1 Å². The molecule has 6 nitrogen and oxygen atoms in total. The van der Waals surface area contributed by atoms with E-state index in [0.717, 1.165) is 30.6 Å². The van der Waals surface area contributed by atoms with Crippen LogP contribution >= 0.6 is 24.0 Å². The molecule has 0 fully saturated rings. The van der Waals surface area contributed by atoms with Gasteiger partial charge < -0.3 is 14.8 Å². The normalized spacial score (nSPS) is 13.4. The molecule has 24 heavy (non-hydrogen) atoms. The topological polar surface area (TPSA) is 58.3 Å². The van der Waals surface area contributed by atoms with Crippen molar-refractivity contribution in [3.63, 3.8) is 0 Å². The fourth-order valence-corrected chi connectivity index (χ4v) is 2.69. The van der Waals surface area contributed by atoms with Crippen LogP contribution in [-0.4, -0.2) is 33.8 Å². The van der Waals surface area contributed by atoms with Gasteiger partial charge in [0.15, 0.2) is 11.8 Å². The highest BCUT2D eigenvalue weighted by Crippen LogP contribution is 2.27. The third kappa shape index (κ3) is 3.77. The van der Waals surface area contributed by atoms with E-state index in [4.69, 9.17) is 4.99 Å². The molecule has 0 amide bonds. The molecule has 128 valence electrons. The number of guanidine groups is 1. The number of hydrogen-bond donors (Lipinski definition) is 1. The van der Waals surface area contributed by atoms with Gasteiger partial charge in [-0.3, -0.25) is 0 Å². The minimum atomic E-state index is 0. The number of halogens is 1. The lowest BCUT2D eigenvalue weighted by Gasteiger charge is -2.22. The van der Waals surface area contributed by atoms with E-state index >= 15 is 0 Å². The summed E-state index contributed by atoms with van der Waals surface area (Å²) in [5.41, 5.74) is 2.58. The van der Waals surface area contributed by atoms with Gasteiger partial charge in [-0.15, -0.1) is 40.8 Å². The van der Waals surface area contributed by atoms with Gasteiger partial charge in [0.2, 0.25) is 0 Å². The number of aliphatic imine (C=N–C) groups is 1. The summed E-state index contributed by atoms with van der Waals surface area (Å²) in [6.45, 7) is 7.82. The molecule has 2 heterocycles. The molecule has 7 heteroatoms. The van der Waals surface area contributed by atoms with E-state index in [1.807, 2.05) is 24.6 Å². The van der Waals surface area contributed by atoms with Gasteiger partial charge in [-0.2, -0.15) is 0 Å². The van der Waals surface area contributed by atoms with Crippen LogP contribution in [0.3, 0.4) is 0 Å². The van der Waals surface area contributed by atoms with Crippen LogP contribution in [0.1, 0.15) is 17.2 Å². The third-order valence-electron chi connectivity index (χ3n) is 4.10. The zero-order valence-electron chi connectivity index (χ0n) is 14.1. The molecule has 0 bridgehead atoms. The smallest absolute Gasteiger partial charge is 0.199 e. The van der Waals surface area contributed by atoms with E-state index in [9.17, 15) is 0 Å². The van der Waals surface area contributed by atoms with Gasteiger partial charge in [0.25, 0.3) is 0 Å². The van der Waals surface area contributed by atoms with Gasteiger partial charge in [-0.25, -0.2) is 4.99 Å². The molecular formula is C17H23IN6. The molecule has 0 radical (unpaired) electrons. The summed E-state index contributed by atoms with van der Waals surface area (Å²) in [4.78, 5) is 6.97. The van der Waals surface area contributed by atoms with Crippen LogP contribution < -0.4 is 10.2 Å². The Kier molecular flexibility index (Phi) is 6.36. The van der Waals surface area contributed by atoms with Crippen molar-refractivity contribution in [1.29, 1.82) is 0 Å². The maximum Gasteiger partial charge on any atom is 0.199 e. The number of nitrogens with one attached hydrogen (secondary N) is 1. The zero-order chi connectivity index (χ0) is 16.2.